The molecule has 26 heavy (non-hydrogen) atoms. The molecular weight excluding hydrogens is 375 g/mol. The van der Waals surface area contributed by atoms with Crippen LogP contribution in [-0.4, -0.2) is 23.2 Å². The number of hydroxylamine groups is 1. The van der Waals surface area contributed by atoms with Gasteiger partial charge < -0.3 is 0 Å². The van der Waals surface area contributed by atoms with Crippen LogP contribution in [0, 0.1) is 0 Å². The number of alkyl halides is 3. The Bertz CT molecular complexity index is 869. The zero-order valence-electron chi connectivity index (χ0n) is 12.8. The van der Waals surface area contributed by atoms with Crippen molar-refractivity contribution < 1.29 is 28.0 Å². The monoisotopic (exact) mass is 385 g/mol. The number of carbonyl (C=O) groups excluding carboxylic acids is 2. The molecule has 0 unspecified atom stereocenters. The third-order valence-corrected chi connectivity index (χ3v) is 3.54. The maximum Gasteiger partial charge on any atom is 0.417 e. The van der Waals surface area contributed by atoms with Gasteiger partial charge in [0.2, 0.25) is 0 Å². The predicted octanol–water partition coefficient (Wildman–Crippen LogP) is 3.24. The normalized spacial score (nSPS) is 11.4. The van der Waals surface area contributed by atoms with Crippen LogP contribution in [-0.2, 0) is 6.18 Å². The number of benzene rings is 2. The molecule has 0 saturated heterocycles. The van der Waals surface area contributed by atoms with Crippen LogP contribution in [0.1, 0.15) is 31.8 Å². The van der Waals surface area contributed by atoms with E-state index in [9.17, 15) is 22.8 Å². The molecule has 0 atom stereocenters. The molecule has 0 aliphatic heterocycles. The van der Waals surface area contributed by atoms with Crippen LogP contribution in [0.5, 0.6) is 0 Å². The first-order valence-electron chi connectivity index (χ1n) is 6.97. The van der Waals surface area contributed by atoms with E-state index in [0.29, 0.717) is 5.56 Å². The van der Waals surface area contributed by atoms with Crippen LogP contribution in [0.25, 0.3) is 0 Å². The van der Waals surface area contributed by atoms with Crippen LogP contribution in [0.4, 0.5) is 13.2 Å². The van der Waals surface area contributed by atoms with Crippen molar-refractivity contribution >= 4 is 29.6 Å². The molecule has 0 spiro atoms. The summed E-state index contributed by atoms with van der Waals surface area (Å²) >= 11 is 5.93. The largest absolute Gasteiger partial charge is 0.417 e. The van der Waals surface area contributed by atoms with E-state index >= 15 is 0 Å². The number of nitrogens with zero attached hydrogens (tertiary/aromatic N) is 1. The van der Waals surface area contributed by atoms with E-state index in [-0.39, 0.29) is 10.6 Å². The third-order valence-electron chi connectivity index (χ3n) is 3.21. The minimum atomic E-state index is -4.68. The number of hydrogen-bond acceptors (Lipinski definition) is 4. The van der Waals surface area contributed by atoms with Gasteiger partial charge in [-0.05, 0) is 24.3 Å². The van der Waals surface area contributed by atoms with Crippen molar-refractivity contribution in [3.63, 3.8) is 0 Å². The molecule has 10 heteroatoms. The Morgan fingerprint density at radius 1 is 1.12 bits per heavy atom. The minimum absolute atomic E-state index is 0.0813. The van der Waals surface area contributed by atoms with Crippen molar-refractivity contribution in [3.8, 4) is 0 Å². The Morgan fingerprint density at radius 2 is 1.81 bits per heavy atom. The van der Waals surface area contributed by atoms with E-state index in [2.05, 4.69) is 5.10 Å². The second-order valence-corrected chi connectivity index (χ2v) is 5.33. The van der Waals surface area contributed by atoms with Gasteiger partial charge in [-0.25, -0.2) is 10.9 Å². The summed E-state index contributed by atoms with van der Waals surface area (Å²) in [4.78, 5) is 23.2. The van der Waals surface area contributed by atoms with Crippen LogP contribution >= 0.6 is 11.6 Å². The molecule has 0 saturated carbocycles. The molecule has 2 rings (SSSR count). The van der Waals surface area contributed by atoms with Gasteiger partial charge in [-0.1, -0.05) is 29.8 Å². The molecule has 0 aliphatic rings. The molecule has 6 nitrogen and oxygen atoms in total. The number of nitrogens with one attached hydrogen (secondary N) is 2. The molecule has 136 valence electrons. The van der Waals surface area contributed by atoms with Crippen molar-refractivity contribution in [2.45, 2.75) is 6.18 Å². The Morgan fingerprint density at radius 3 is 2.42 bits per heavy atom. The lowest BCUT2D eigenvalue weighted by atomic mass is 10.1. The molecule has 2 amide bonds. The SMILES string of the molecule is O=C(NO)c1ccc(/C=N/NC(=O)c2ccccc2C(F)(F)F)c(Cl)c1. The second-order valence-electron chi connectivity index (χ2n) is 4.92. The third kappa shape index (κ3) is 4.58. The average Bonchev–Trinajstić information content (AvgIpc) is 2.61. The summed E-state index contributed by atoms with van der Waals surface area (Å²) in [6.07, 6.45) is -3.57. The van der Waals surface area contributed by atoms with E-state index in [1.54, 1.807) is 0 Å². The number of rotatable bonds is 4. The molecule has 0 bridgehead atoms. The summed E-state index contributed by atoms with van der Waals surface area (Å²) in [5, 5.41) is 12.2. The molecular formula is C16H11ClF3N3O3. The van der Waals surface area contributed by atoms with Gasteiger partial charge in [0.25, 0.3) is 11.8 Å². The van der Waals surface area contributed by atoms with Gasteiger partial charge >= 0.3 is 6.18 Å². The van der Waals surface area contributed by atoms with Gasteiger partial charge in [0.05, 0.1) is 22.4 Å². The lowest BCUT2D eigenvalue weighted by molar-refractivity contribution is -0.137. The second kappa shape index (κ2) is 7.98. The lowest BCUT2D eigenvalue weighted by Gasteiger charge is -2.11. The first-order chi connectivity index (χ1) is 12.2. The van der Waals surface area contributed by atoms with Crippen molar-refractivity contribution in [2.75, 3.05) is 0 Å². The highest BCUT2D eigenvalue weighted by atomic mass is 35.5. The Labute approximate surface area is 150 Å². The fraction of sp³-hybridized carbons (Fsp3) is 0.0625. The highest BCUT2D eigenvalue weighted by molar-refractivity contribution is 6.33. The zero-order valence-corrected chi connectivity index (χ0v) is 13.6. The summed E-state index contributed by atoms with van der Waals surface area (Å²) in [6, 6.07) is 8.26. The van der Waals surface area contributed by atoms with Crippen molar-refractivity contribution in [1.29, 1.82) is 0 Å². The molecule has 3 N–H and O–H groups in total. The summed E-state index contributed by atoms with van der Waals surface area (Å²) in [5.74, 6) is -1.81. The molecule has 0 radical (unpaired) electrons. The van der Waals surface area contributed by atoms with E-state index in [1.165, 1.54) is 35.8 Å². The van der Waals surface area contributed by atoms with Crippen molar-refractivity contribution in [1.82, 2.24) is 10.9 Å². The zero-order chi connectivity index (χ0) is 19.3. The fourth-order valence-electron chi connectivity index (χ4n) is 1.99. The van der Waals surface area contributed by atoms with Gasteiger partial charge in [0.1, 0.15) is 0 Å². The van der Waals surface area contributed by atoms with Gasteiger partial charge in [-0.3, -0.25) is 14.8 Å². The fourth-order valence-corrected chi connectivity index (χ4v) is 2.22. The highest BCUT2D eigenvalue weighted by Gasteiger charge is 2.34. The smallest absolute Gasteiger partial charge is 0.288 e. The van der Waals surface area contributed by atoms with Gasteiger partial charge in [-0.15, -0.1) is 0 Å². The lowest BCUT2D eigenvalue weighted by Crippen LogP contribution is -2.22. The van der Waals surface area contributed by atoms with Crippen molar-refractivity contribution in [3.05, 3.63) is 69.7 Å². The van der Waals surface area contributed by atoms with E-state index < -0.39 is 29.1 Å². The van der Waals surface area contributed by atoms with Crippen LogP contribution in [0.2, 0.25) is 5.02 Å². The maximum absolute atomic E-state index is 12.9. The quantitative estimate of drug-likeness (QED) is 0.428. The predicted molar refractivity (Wildman–Crippen MR) is 87.2 cm³/mol. The molecule has 0 aliphatic carbocycles. The summed E-state index contributed by atoms with van der Waals surface area (Å²) < 4.78 is 38.7. The van der Waals surface area contributed by atoms with E-state index in [0.717, 1.165) is 18.3 Å². The standard InChI is InChI=1S/C16H11ClF3N3O3/c17-13-7-9(14(24)23-26)5-6-10(13)8-21-22-15(25)11-3-1-2-4-12(11)16(18,19)20/h1-8,26H,(H,22,25)(H,23,24)/b21-8+. The van der Waals surface area contributed by atoms with Crippen LogP contribution in [0.3, 0.4) is 0 Å². The maximum atomic E-state index is 12.9. The van der Waals surface area contributed by atoms with Gasteiger partial charge in [-0.2, -0.15) is 18.3 Å². The molecule has 2 aromatic carbocycles. The van der Waals surface area contributed by atoms with Gasteiger partial charge in [0, 0.05) is 11.1 Å². The minimum Gasteiger partial charge on any atom is -0.288 e. The first-order valence-corrected chi connectivity index (χ1v) is 7.35. The highest BCUT2D eigenvalue weighted by Crippen LogP contribution is 2.31. The molecule has 0 heterocycles. The van der Waals surface area contributed by atoms with Crippen LogP contribution in [0.15, 0.2) is 47.6 Å². The Balaban J connectivity index is 2.15. The molecule has 0 fully saturated rings. The average molecular weight is 386 g/mol. The Kier molecular flexibility index (Phi) is 5.96. The number of hydrazone groups is 1. The van der Waals surface area contributed by atoms with E-state index in [1.807, 2.05) is 5.43 Å². The molecule has 2 aromatic rings. The number of hydrogen-bond donors (Lipinski definition) is 3. The summed E-state index contributed by atoms with van der Waals surface area (Å²) in [6.45, 7) is 0. The van der Waals surface area contributed by atoms with E-state index in [4.69, 9.17) is 16.8 Å². The summed E-state index contributed by atoms with van der Waals surface area (Å²) in [5.41, 5.74) is 2.16. The summed E-state index contributed by atoms with van der Waals surface area (Å²) in [7, 11) is 0. The molecule has 0 aromatic heterocycles. The number of amides is 2. The van der Waals surface area contributed by atoms with Crippen molar-refractivity contribution in [2.24, 2.45) is 5.10 Å². The number of carbonyl (C=O) groups is 2. The number of halogens is 4. The topological polar surface area (TPSA) is 90.8 Å². The van der Waals surface area contributed by atoms with Gasteiger partial charge in [0.15, 0.2) is 0 Å². The first kappa shape index (κ1) is 19.4. The van der Waals surface area contributed by atoms with Crippen LogP contribution < -0.4 is 10.9 Å². The Hall–Kier alpha value is -2.91.